The second-order valence-electron chi connectivity index (χ2n) is 5.35. The van der Waals surface area contributed by atoms with Crippen LogP contribution in [0.4, 0.5) is 5.69 Å². The van der Waals surface area contributed by atoms with Crippen LogP contribution in [0.1, 0.15) is 16.1 Å². The minimum Gasteiger partial charge on any atom is -0.497 e. The van der Waals surface area contributed by atoms with Gasteiger partial charge in [-0.3, -0.25) is 4.79 Å². The predicted molar refractivity (Wildman–Crippen MR) is 105 cm³/mol. The number of hydrogen-bond donors (Lipinski definition) is 1. The van der Waals surface area contributed by atoms with Crippen LogP contribution in [-0.2, 0) is 0 Å². The standard InChI is InChI=1S/C18H15Br2N3O2/c1-11-15(18(24)21-17-8-3-12(19)9-16(17)20)10-23(22-11)13-4-6-14(25-2)7-5-13/h3-10H,1-2H3,(H,21,24). The molecule has 0 bridgehead atoms. The van der Waals surface area contributed by atoms with E-state index in [1.165, 1.54) is 0 Å². The predicted octanol–water partition coefficient (Wildman–Crippen LogP) is 4.97. The number of amides is 1. The Labute approximate surface area is 162 Å². The lowest BCUT2D eigenvalue weighted by molar-refractivity contribution is 0.102. The molecule has 2 aromatic carbocycles. The van der Waals surface area contributed by atoms with Crippen molar-refractivity contribution in [2.75, 3.05) is 12.4 Å². The second kappa shape index (κ2) is 7.41. The van der Waals surface area contributed by atoms with Crippen LogP contribution in [0.15, 0.2) is 57.6 Å². The Morgan fingerprint density at radius 2 is 1.88 bits per heavy atom. The Hall–Kier alpha value is -2.12. The highest BCUT2D eigenvalue weighted by Crippen LogP contribution is 2.27. The molecule has 0 fully saturated rings. The number of aryl methyl sites for hydroxylation is 1. The first-order valence-electron chi connectivity index (χ1n) is 7.45. The van der Waals surface area contributed by atoms with E-state index in [1.54, 1.807) is 18.0 Å². The Bertz CT molecular complexity index is 921. The van der Waals surface area contributed by atoms with E-state index in [2.05, 4.69) is 42.3 Å². The van der Waals surface area contributed by atoms with Gasteiger partial charge < -0.3 is 10.1 Å². The maximum absolute atomic E-state index is 12.6. The molecule has 25 heavy (non-hydrogen) atoms. The number of anilines is 1. The van der Waals surface area contributed by atoms with Gasteiger partial charge in [-0.05, 0) is 65.3 Å². The van der Waals surface area contributed by atoms with Crippen LogP contribution in [0, 0.1) is 6.92 Å². The SMILES string of the molecule is COc1ccc(-n2cc(C(=O)Nc3ccc(Br)cc3Br)c(C)n2)cc1. The van der Waals surface area contributed by atoms with Crippen molar-refractivity contribution in [3.05, 3.63) is 68.9 Å². The number of nitrogens with zero attached hydrogens (tertiary/aromatic N) is 2. The summed E-state index contributed by atoms with van der Waals surface area (Å²) in [5.74, 6) is 0.561. The molecule has 0 saturated carbocycles. The smallest absolute Gasteiger partial charge is 0.259 e. The monoisotopic (exact) mass is 463 g/mol. The number of nitrogens with one attached hydrogen (secondary N) is 1. The molecule has 0 aliphatic rings. The fourth-order valence-electron chi connectivity index (χ4n) is 2.33. The number of aromatic nitrogens is 2. The largest absolute Gasteiger partial charge is 0.497 e. The molecule has 0 unspecified atom stereocenters. The van der Waals surface area contributed by atoms with E-state index < -0.39 is 0 Å². The van der Waals surface area contributed by atoms with Crippen molar-refractivity contribution in [1.82, 2.24) is 9.78 Å². The zero-order chi connectivity index (χ0) is 18.0. The van der Waals surface area contributed by atoms with Gasteiger partial charge in [0.1, 0.15) is 5.75 Å². The maximum atomic E-state index is 12.6. The summed E-state index contributed by atoms with van der Waals surface area (Å²) in [5.41, 5.74) is 2.73. The molecule has 3 aromatic rings. The fourth-order valence-corrected chi connectivity index (χ4v) is 3.48. The molecule has 0 spiro atoms. The van der Waals surface area contributed by atoms with E-state index in [0.29, 0.717) is 16.9 Å². The zero-order valence-corrected chi connectivity index (χ0v) is 16.8. The second-order valence-corrected chi connectivity index (χ2v) is 7.12. The maximum Gasteiger partial charge on any atom is 0.259 e. The Morgan fingerprint density at radius 3 is 2.52 bits per heavy atom. The van der Waals surface area contributed by atoms with Crippen molar-refractivity contribution in [1.29, 1.82) is 0 Å². The minimum absolute atomic E-state index is 0.208. The van der Waals surface area contributed by atoms with E-state index >= 15 is 0 Å². The highest BCUT2D eigenvalue weighted by Gasteiger charge is 2.15. The summed E-state index contributed by atoms with van der Waals surface area (Å²) >= 11 is 6.84. The molecule has 0 radical (unpaired) electrons. The number of ether oxygens (including phenoxy) is 1. The molecular weight excluding hydrogens is 450 g/mol. The molecule has 5 nitrogen and oxygen atoms in total. The quantitative estimate of drug-likeness (QED) is 0.593. The van der Waals surface area contributed by atoms with E-state index in [0.717, 1.165) is 20.4 Å². The lowest BCUT2D eigenvalue weighted by Crippen LogP contribution is -2.12. The third-order valence-electron chi connectivity index (χ3n) is 3.66. The van der Waals surface area contributed by atoms with Gasteiger partial charge >= 0.3 is 0 Å². The Kier molecular flexibility index (Phi) is 5.24. The molecule has 1 N–H and O–H groups in total. The molecule has 0 aliphatic heterocycles. The number of rotatable bonds is 4. The first-order valence-corrected chi connectivity index (χ1v) is 9.03. The van der Waals surface area contributed by atoms with Gasteiger partial charge in [-0.1, -0.05) is 15.9 Å². The normalized spacial score (nSPS) is 10.6. The summed E-state index contributed by atoms with van der Waals surface area (Å²) in [7, 11) is 1.62. The third-order valence-corrected chi connectivity index (χ3v) is 4.81. The van der Waals surface area contributed by atoms with E-state index in [9.17, 15) is 4.79 Å². The number of halogens is 2. The molecule has 1 amide bonds. The van der Waals surface area contributed by atoms with Gasteiger partial charge in [0.15, 0.2) is 0 Å². The van der Waals surface area contributed by atoms with Gasteiger partial charge in [0.25, 0.3) is 5.91 Å². The van der Waals surface area contributed by atoms with Crippen LogP contribution >= 0.6 is 31.9 Å². The molecule has 128 valence electrons. The third kappa shape index (κ3) is 3.93. The van der Waals surface area contributed by atoms with E-state index in [4.69, 9.17) is 4.74 Å². The lowest BCUT2D eigenvalue weighted by Gasteiger charge is -2.07. The number of methoxy groups -OCH3 is 1. The van der Waals surface area contributed by atoms with Gasteiger partial charge in [-0.15, -0.1) is 0 Å². The Morgan fingerprint density at radius 1 is 1.16 bits per heavy atom. The van der Waals surface area contributed by atoms with Crippen LogP contribution in [0.2, 0.25) is 0 Å². The van der Waals surface area contributed by atoms with E-state index in [-0.39, 0.29) is 5.91 Å². The lowest BCUT2D eigenvalue weighted by atomic mass is 10.2. The molecule has 0 aliphatic carbocycles. The summed E-state index contributed by atoms with van der Waals surface area (Å²) in [4.78, 5) is 12.6. The zero-order valence-electron chi connectivity index (χ0n) is 13.6. The van der Waals surface area contributed by atoms with Crippen LogP contribution in [0.5, 0.6) is 5.75 Å². The summed E-state index contributed by atoms with van der Waals surface area (Å²) in [6, 6.07) is 13.1. The number of hydrogen-bond acceptors (Lipinski definition) is 3. The molecule has 0 atom stereocenters. The fraction of sp³-hybridized carbons (Fsp3) is 0.111. The van der Waals surface area contributed by atoms with Crippen LogP contribution in [0.25, 0.3) is 5.69 Å². The molecule has 1 heterocycles. The summed E-state index contributed by atoms with van der Waals surface area (Å²) in [6.07, 6.45) is 1.72. The molecule has 7 heteroatoms. The molecule has 1 aromatic heterocycles. The molecule has 0 saturated heterocycles. The minimum atomic E-state index is -0.208. The summed E-state index contributed by atoms with van der Waals surface area (Å²) in [5, 5.41) is 7.33. The van der Waals surface area contributed by atoms with Crippen molar-refractivity contribution < 1.29 is 9.53 Å². The van der Waals surface area contributed by atoms with Crippen molar-refractivity contribution in [3.63, 3.8) is 0 Å². The number of benzene rings is 2. The van der Waals surface area contributed by atoms with E-state index in [1.807, 2.05) is 49.4 Å². The average Bonchev–Trinajstić information content (AvgIpc) is 2.99. The highest BCUT2D eigenvalue weighted by molar-refractivity contribution is 9.11. The van der Waals surface area contributed by atoms with Gasteiger partial charge in [0, 0.05) is 15.1 Å². The summed E-state index contributed by atoms with van der Waals surface area (Å²) < 4.78 is 8.57. The topological polar surface area (TPSA) is 56.1 Å². The average molecular weight is 465 g/mol. The van der Waals surface area contributed by atoms with Gasteiger partial charge in [0.05, 0.1) is 29.7 Å². The van der Waals surface area contributed by atoms with Gasteiger partial charge in [0.2, 0.25) is 0 Å². The van der Waals surface area contributed by atoms with Crippen molar-refractivity contribution in [2.24, 2.45) is 0 Å². The van der Waals surface area contributed by atoms with Crippen molar-refractivity contribution >= 4 is 43.5 Å². The summed E-state index contributed by atoms with van der Waals surface area (Å²) in [6.45, 7) is 1.81. The van der Waals surface area contributed by atoms with Gasteiger partial charge in [-0.2, -0.15) is 5.10 Å². The first-order chi connectivity index (χ1) is 12.0. The van der Waals surface area contributed by atoms with Crippen molar-refractivity contribution in [3.8, 4) is 11.4 Å². The molecule has 3 rings (SSSR count). The highest BCUT2D eigenvalue weighted by atomic mass is 79.9. The van der Waals surface area contributed by atoms with Crippen LogP contribution < -0.4 is 10.1 Å². The molecular formula is C18H15Br2N3O2. The first kappa shape index (κ1) is 17.7. The van der Waals surface area contributed by atoms with Crippen LogP contribution in [-0.4, -0.2) is 22.8 Å². The Balaban J connectivity index is 1.84. The number of carbonyl (C=O) groups excluding carboxylic acids is 1. The van der Waals surface area contributed by atoms with Gasteiger partial charge in [-0.25, -0.2) is 4.68 Å². The van der Waals surface area contributed by atoms with Crippen molar-refractivity contribution in [2.45, 2.75) is 6.92 Å². The number of carbonyl (C=O) groups is 1. The van der Waals surface area contributed by atoms with Crippen LogP contribution in [0.3, 0.4) is 0 Å².